The molecular weight excluding hydrogens is 423 g/mol. The summed E-state index contributed by atoms with van der Waals surface area (Å²) in [6.45, 7) is 2.10. The van der Waals surface area contributed by atoms with Crippen LogP contribution in [0.25, 0.3) is 0 Å². The molecule has 2 aromatic carbocycles. The van der Waals surface area contributed by atoms with Crippen molar-refractivity contribution in [3.63, 3.8) is 0 Å². The average molecular weight is 440 g/mol. The summed E-state index contributed by atoms with van der Waals surface area (Å²) in [5.41, 5.74) is 2.01. The van der Waals surface area contributed by atoms with Gasteiger partial charge >= 0.3 is 0 Å². The second-order valence-electron chi connectivity index (χ2n) is 5.79. The van der Waals surface area contributed by atoms with Gasteiger partial charge in [0.2, 0.25) is 5.16 Å². The van der Waals surface area contributed by atoms with Crippen molar-refractivity contribution in [2.24, 2.45) is 5.10 Å². The molecule has 3 rings (SSSR count). The van der Waals surface area contributed by atoms with Gasteiger partial charge in [0.1, 0.15) is 0 Å². The minimum absolute atomic E-state index is 0.496. The summed E-state index contributed by atoms with van der Waals surface area (Å²) in [7, 11) is 0. The summed E-state index contributed by atoms with van der Waals surface area (Å²) in [5, 5.41) is 15.6. The standard InChI is InChI=1S/C19H17Cl3N4S/c1-2-3-18-24-25-19(27-12-13-4-7-15(20)8-5-13)26(18)23-11-14-6-9-16(21)17(22)10-14/h4-11H,2-3,12H2,1H3/b23-11+. The maximum Gasteiger partial charge on any atom is 0.212 e. The van der Waals surface area contributed by atoms with Gasteiger partial charge in [-0.25, -0.2) is 0 Å². The van der Waals surface area contributed by atoms with E-state index >= 15 is 0 Å². The Morgan fingerprint density at radius 3 is 2.52 bits per heavy atom. The van der Waals surface area contributed by atoms with Crippen LogP contribution in [0.4, 0.5) is 0 Å². The van der Waals surface area contributed by atoms with Crippen LogP contribution >= 0.6 is 46.6 Å². The monoisotopic (exact) mass is 438 g/mol. The molecule has 0 unspecified atom stereocenters. The fourth-order valence-electron chi connectivity index (χ4n) is 2.33. The van der Waals surface area contributed by atoms with E-state index in [9.17, 15) is 0 Å². The van der Waals surface area contributed by atoms with Gasteiger partial charge in [0.15, 0.2) is 5.82 Å². The zero-order valence-electron chi connectivity index (χ0n) is 14.6. The van der Waals surface area contributed by atoms with Crippen LogP contribution in [-0.4, -0.2) is 21.1 Å². The zero-order valence-corrected chi connectivity index (χ0v) is 17.7. The summed E-state index contributed by atoms with van der Waals surface area (Å²) in [6.07, 6.45) is 3.49. The first-order chi connectivity index (χ1) is 13.1. The van der Waals surface area contributed by atoms with Crippen molar-refractivity contribution in [3.05, 3.63) is 74.5 Å². The van der Waals surface area contributed by atoms with Crippen LogP contribution in [0.2, 0.25) is 15.1 Å². The Morgan fingerprint density at radius 1 is 1.04 bits per heavy atom. The molecule has 1 aromatic heterocycles. The SMILES string of the molecule is CCCc1nnc(SCc2ccc(Cl)cc2)n1/N=C/c1ccc(Cl)c(Cl)c1. The van der Waals surface area contributed by atoms with Crippen molar-refractivity contribution < 1.29 is 0 Å². The Labute approximate surface area is 177 Å². The highest BCUT2D eigenvalue weighted by molar-refractivity contribution is 7.98. The maximum atomic E-state index is 6.08. The van der Waals surface area contributed by atoms with Crippen LogP contribution in [-0.2, 0) is 12.2 Å². The lowest BCUT2D eigenvalue weighted by molar-refractivity contribution is 0.700. The lowest BCUT2D eigenvalue weighted by Crippen LogP contribution is -2.00. The topological polar surface area (TPSA) is 43.1 Å². The predicted octanol–water partition coefficient (Wildman–Crippen LogP) is 6.37. The van der Waals surface area contributed by atoms with Gasteiger partial charge in [-0.2, -0.15) is 9.78 Å². The van der Waals surface area contributed by atoms with E-state index in [0.717, 1.165) is 45.7 Å². The third kappa shape index (κ3) is 5.48. The van der Waals surface area contributed by atoms with Crippen LogP contribution in [0.3, 0.4) is 0 Å². The Bertz CT molecular complexity index is 939. The lowest BCUT2D eigenvalue weighted by Gasteiger charge is -2.04. The van der Waals surface area contributed by atoms with E-state index < -0.39 is 0 Å². The molecule has 0 fully saturated rings. The summed E-state index contributed by atoms with van der Waals surface area (Å²) >= 11 is 19.6. The average Bonchev–Trinajstić information content (AvgIpc) is 3.04. The third-order valence-corrected chi connectivity index (χ3v) is 5.68. The molecule has 0 spiro atoms. The normalized spacial score (nSPS) is 11.4. The fraction of sp³-hybridized carbons (Fsp3) is 0.211. The molecule has 0 aliphatic rings. The highest BCUT2D eigenvalue weighted by Gasteiger charge is 2.11. The highest BCUT2D eigenvalue weighted by atomic mass is 35.5. The number of aryl methyl sites for hydroxylation is 1. The van der Waals surface area contributed by atoms with E-state index in [4.69, 9.17) is 34.8 Å². The molecule has 3 aromatic rings. The molecule has 0 saturated carbocycles. The lowest BCUT2D eigenvalue weighted by atomic mass is 10.2. The predicted molar refractivity (Wildman–Crippen MR) is 114 cm³/mol. The van der Waals surface area contributed by atoms with Crippen LogP contribution in [0.5, 0.6) is 0 Å². The smallest absolute Gasteiger partial charge is 0.191 e. The van der Waals surface area contributed by atoms with Crippen LogP contribution < -0.4 is 0 Å². The number of hydrogen-bond donors (Lipinski definition) is 0. The van der Waals surface area contributed by atoms with E-state index in [1.807, 2.05) is 30.3 Å². The van der Waals surface area contributed by atoms with E-state index in [0.29, 0.717) is 10.0 Å². The quantitative estimate of drug-likeness (QED) is 0.317. The number of aromatic nitrogens is 3. The van der Waals surface area contributed by atoms with Crippen LogP contribution in [0.1, 0.15) is 30.3 Å². The van der Waals surface area contributed by atoms with Crippen molar-refractivity contribution in [3.8, 4) is 0 Å². The second kappa shape index (κ2) is 9.60. The Morgan fingerprint density at radius 2 is 1.81 bits per heavy atom. The number of benzene rings is 2. The molecule has 0 atom stereocenters. The molecule has 27 heavy (non-hydrogen) atoms. The molecule has 1 heterocycles. The fourth-order valence-corrected chi connectivity index (χ4v) is 3.62. The maximum absolute atomic E-state index is 6.08. The minimum atomic E-state index is 0.496. The Balaban J connectivity index is 1.81. The van der Waals surface area contributed by atoms with Gasteiger partial charge in [0, 0.05) is 17.2 Å². The molecule has 4 nitrogen and oxygen atoms in total. The summed E-state index contributed by atoms with van der Waals surface area (Å²) in [5.74, 6) is 1.58. The van der Waals surface area contributed by atoms with Crippen LogP contribution in [0, 0.1) is 0 Å². The number of halogens is 3. The van der Waals surface area contributed by atoms with Crippen LogP contribution in [0.15, 0.2) is 52.7 Å². The zero-order chi connectivity index (χ0) is 19.2. The van der Waals surface area contributed by atoms with Crippen molar-refractivity contribution >= 4 is 52.8 Å². The van der Waals surface area contributed by atoms with E-state index in [-0.39, 0.29) is 0 Å². The van der Waals surface area contributed by atoms with Gasteiger partial charge in [-0.3, -0.25) is 0 Å². The number of thioether (sulfide) groups is 1. The Kier molecular flexibility index (Phi) is 7.19. The van der Waals surface area contributed by atoms with E-state index in [1.54, 1.807) is 34.8 Å². The molecule has 0 aliphatic heterocycles. The first-order valence-corrected chi connectivity index (χ1v) is 10.5. The third-order valence-electron chi connectivity index (χ3n) is 3.70. The van der Waals surface area contributed by atoms with Crippen molar-refractivity contribution in [2.75, 3.05) is 0 Å². The number of rotatable bonds is 7. The molecular formula is C19H17Cl3N4S. The van der Waals surface area contributed by atoms with Gasteiger partial charge in [-0.15, -0.1) is 10.2 Å². The molecule has 140 valence electrons. The Hall–Kier alpha value is -1.53. The first-order valence-electron chi connectivity index (χ1n) is 8.37. The highest BCUT2D eigenvalue weighted by Crippen LogP contribution is 2.24. The number of nitrogens with zero attached hydrogens (tertiary/aromatic N) is 4. The second-order valence-corrected chi connectivity index (χ2v) is 7.99. The van der Waals surface area contributed by atoms with Gasteiger partial charge in [-0.1, -0.05) is 71.7 Å². The largest absolute Gasteiger partial charge is 0.212 e. The van der Waals surface area contributed by atoms with Gasteiger partial charge in [-0.05, 0) is 41.8 Å². The summed E-state index contributed by atoms with van der Waals surface area (Å²) < 4.78 is 1.78. The van der Waals surface area contributed by atoms with Gasteiger partial charge < -0.3 is 0 Å². The minimum Gasteiger partial charge on any atom is -0.191 e. The van der Waals surface area contributed by atoms with Crippen molar-refractivity contribution in [1.29, 1.82) is 0 Å². The number of hydrogen-bond acceptors (Lipinski definition) is 4. The molecule has 0 amide bonds. The molecule has 0 aliphatic carbocycles. The molecule has 0 radical (unpaired) electrons. The van der Waals surface area contributed by atoms with Crippen molar-refractivity contribution in [2.45, 2.75) is 30.7 Å². The van der Waals surface area contributed by atoms with Gasteiger partial charge in [0.05, 0.1) is 16.3 Å². The first kappa shape index (κ1) is 20.2. The van der Waals surface area contributed by atoms with E-state index in [2.05, 4.69) is 22.2 Å². The van der Waals surface area contributed by atoms with E-state index in [1.165, 1.54) is 0 Å². The molecule has 0 N–H and O–H groups in total. The summed E-state index contributed by atoms with van der Waals surface area (Å²) in [6, 6.07) is 13.2. The van der Waals surface area contributed by atoms with Crippen molar-refractivity contribution in [1.82, 2.24) is 14.9 Å². The molecule has 0 bridgehead atoms. The molecule has 0 saturated heterocycles. The van der Waals surface area contributed by atoms with Gasteiger partial charge in [0.25, 0.3) is 0 Å². The summed E-state index contributed by atoms with van der Waals surface area (Å²) in [4.78, 5) is 0. The molecule has 8 heteroatoms.